The Morgan fingerprint density at radius 3 is 2.32 bits per heavy atom. The number of fused-ring (bicyclic) bond motifs is 1. The minimum atomic E-state index is -4.48. The van der Waals surface area contributed by atoms with Crippen LogP contribution in [0.2, 0.25) is 0 Å². The highest BCUT2D eigenvalue weighted by Gasteiger charge is 2.39. The van der Waals surface area contributed by atoms with E-state index in [0.29, 0.717) is 41.8 Å². The van der Waals surface area contributed by atoms with Gasteiger partial charge in [0.25, 0.3) is 0 Å². The van der Waals surface area contributed by atoms with Gasteiger partial charge in [0.2, 0.25) is 11.8 Å². The fraction of sp³-hybridized carbons (Fsp3) is 0.414. The van der Waals surface area contributed by atoms with Gasteiger partial charge < -0.3 is 31.9 Å². The quantitative estimate of drug-likeness (QED) is 0.236. The molecule has 2 aromatic carbocycles. The number of likely N-dealkylation sites (N-methyl/N-ethyl adjacent to an activating group) is 2. The number of nitrogens with two attached hydrogens (primary N) is 2. The third-order valence-electron chi connectivity index (χ3n) is 7.69. The zero-order valence-corrected chi connectivity index (χ0v) is 23.1. The molecule has 1 fully saturated rings. The molecule has 3 unspecified atom stereocenters. The van der Waals surface area contributed by atoms with Crippen molar-refractivity contribution >= 4 is 28.4 Å². The van der Waals surface area contributed by atoms with Crippen molar-refractivity contribution < 1.29 is 27.2 Å². The van der Waals surface area contributed by atoms with Crippen LogP contribution in [0.1, 0.15) is 17.5 Å². The third kappa shape index (κ3) is 7.79. The summed E-state index contributed by atoms with van der Waals surface area (Å²) in [6.45, 7) is 2.06. The van der Waals surface area contributed by atoms with Gasteiger partial charge in [-0.15, -0.1) is 0 Å². The number of alkyl halides is 3. The number of halogens is 3. The van der Waals surface area contributed by atoms with Gasteiger partial charge in [0.15, 0.2) is 0 Å². The molecule has 1 aliphatic rings. The van der Waals surface area contributed by atoms with Crippen LogP contribution in [-0.4, -0.2) is 79.2 Å². The Kier molecular flexibility index (Phi) is 9.27. The van der Waals surface area contributed by atoms with Crippen molar-refractivity contribution in [1.29, 1.82) is 0 Å². The number of nitrogens with one attached hydrogen (secondary N) is 3. The summed E-state index contributed by atoms with van der Waals surface area (Å²) in [6, 6.07) is 11.9. The summed E-state index contributed by atoms with van der Waals surface area (Å²) >= 11 is 0. The third-order valence-corrected chi connectivity index (χ3v) is 7.69. The summed E-state index contributed by atoms with van der Waals surface area (Å²) in [6.07, 6.45) is -2.50. The molecule has 0 bridgehead atoms. The van der Waals surface area contributed by atoms with Gasteiger partial charge >= 0.3 is 6.18 Å². The molecule has 3 aromatic rings. The Labute approximate surface area is 237 Å². The van der Waals surface area contributed by atoms with E-state index in [1.54, 1.807) is 13.1 Å². The van der Waals surface area contributed by atoms with Crippen LogP contribution in [0.15, 0.2) is 60.8 Å². The molecule has 0 aliphatic carbocycles. The molecule has 12 heteroatoms. The fourth-order valence-corrected chi connectivity index (χ4v) is 5.31. The molecule has 7 N–H and O–H groups in total. The average Bonchev–Trinajstić information content (AvgIpc) is 3.19. The van der Waals surface area contributed by atoms with Crippen LogP contribution in [0.5, 0.6) is 0 Å². The average molecular weight is 573 g/mol. The molecule has 2 amide bonds. The van der Waals surface area contributed by atoms with Gasteiger partial charge in [-0.25, -0.2) is 0 Å². The number of nitrogens with zero attached hydrogens (tertiary/aromatic N) is 2. The van der Waals surface area contributed by atoms with E-state index >= 15 is 0 Å². The van der Waals surface area contributed by atoms with Gasteiger partial charge in [0, 0.05) is 18.2 Å². The number of para-hydroxylation sites is 1. The number of carbonyl (C=O) groups excluding carboxylic acids is 2. The van der Waals surface area contributed by atoms with Crippen molar-refractivity contribution in [3.63, 3.8) is 0 Å². The van der Waals surface area contributed by atoms with Crippen molar-refractivity contribution in [3.05, 3.63) is 71.9 Å². The lowest BCUT2D eigenvalue weighted by Gasteiger charge is -2.31. The van der Waals surface area contributed by atoms with Crippen LogP contribution in [0.4, 0.5) is 18.9 Å². The lowest BCUT2D eigenvalue weighted by Crippen LogP contribution is -2.53. The molecule has 4 rings (SSSR count). The van der Waals surface area contributed by atoms with Crippen molar-refractivity contribution in [2.75, 3.05) is 39.0 Å². The summed E-state index contributed by atoms with van der Waals surface area (Å²) < 4.78 is 39.8. The largest absolute Gasteiger partial charge is 0.416 e. The number of rotatable bonds is 10. The van der Waals surface area contributed by atoms with Gasteiger partial charge in [-0.3, -0.25) is 14.6 Å². The number of hydrogen-bond acceptors (Lipinski definition) is 6. The Bertz CT molecular complexity index is 1360. The molecule has 2 heterocycles. The Hall–Kier alpha value is -3.58. The lowest BCUT2D eigenvalue weighted by atomic mass is 10.0. The molecule has 1 saturated heterocycles. The molecule has 0 radical (unpaired) electrons. The second-order valence-electron chi connectivity index (χ2n) is 11.0. The van der Waals surface area contributed by atoms with Gasteiger partial charge in [-0.2, -0.15) is 13.2 Å². The van der Waals surface area contributed by atoms with E-state index in [2.05, 4.69) is 28.0 Å². The van der Waals surface area contributed by atoms with Crippen LogP contribution in [0.25, 0.3) is 10.9 Å². The molecule has 1 aliphatic heterocycles. The van der Waals surface area contributed by atoms with Crippen LogP contribution in [-0.2, 0) is 22.2 Å². The highest BCUT2D eigenvalue weighted by atomic mass is 19.4. The number of hydrogen-bond donors (Lipinski definition) is 5. The first-order chi connectivity index (χ1) is 19.4. The molecule has 5 atom stereocenters. The molecule has 41 heavy (non-hydrogen) atoms. The van der Waals surface area contributed by atoms with E-state index in [9.17, 15) is 22.8 Å². The zero-order valence-electron chi connectivity index (χ0n) is 23.1. The number of carbonyl (C=O) groups is 2. The van der Waals surface area contributed by atoms with E-state index in [1.807, 2.05) is 24.3 Å². The summed E-state index contributed by atoms with van der Waals surface area (Å²) in [4.78, 5) is 31.1. The first-order valence-corrected chi connectivity index (χ1v) is 13.5. The maximum absolute atomic E-state index is 13.4. The molecule has 9 nitrogen and oxygen atoms in total. The number of aromatic nitrogens is 1. The van der Waals surface area contributed by atoms with E-state index < -0.39 is 35.6 Å². The summed E-state index contributed by atoms with van der Waals surface area (Å²) in [5, 5.41) is 9.45. The minimum absolute atomic E-state index is 0.00929. The second-order valence-corrected chi connectivity index (χ2v) is 11.0. The van der Waals surface area contributed by atoms with E-state index in [1.165, 1.54) is 18.3 Å². The number of amides is 2. The van der Waals surface area contributed by atoms with Crippen molar-refractivity contribution in [1.82, 2.24) is 15.6 Å². The number of pyridine rings is 1. The van der Waals surface area contributed by atoms with Gasteiger partial charge in [0.05, 0.1) is 67.8 Å². The molecule has 1 aromatic heterocycles. The summed E-state index contributed by atoms with van der Waals surface area (Å²) in [7, 11) is 3.72. The Balaban J connectivity index is 1.50. The summed E-state index contributed by atoms with van der Waals surface area (Å²) in [5.41, 5.74) is 13.1. The van der Waals surface area contributed by atoms with Crippen LogP contribution in [0.3, 0.4) is 0 Å². The fourth-order valence-electron chi connectivity index (χ4n) is 5.31. The summed E-state index contributed by atoms with van der Waals surface area (Å²) in [5.74, 6) is -0.906. The van der Waals surface area contributed by atoms with E-state index in [-0.39, 0.29) is 18.5 Å². The predicted octanol–water partition coefficient (Wildman–Crippen LogP) is 2.01. The second kappa shape index (κ2) is 12.5. The standard InChI is InChI=1S/C29H36F3N7O2/c1-35-25(11-12-39(2)16-22(33)23(34)17-39)27(40)38-26(13-18-7-9-20(10-8-18)29(30,31)32)28(41)37-21-14-19-5-3-4-6-24(19)36-15-21/h3-10,14-15,22-23,25-26,35H,11-13,16-17,33-34H2,1-2H3,(H-,37,38,40,41)/p+1/t22-,23?,25?,26-,39?/m0/s1. The molecule has 0 saturated carbocycles. The monoisotopic (exact) mass is 572 g/mol. The smallest absolute Gasteiger partial charge is 0.343 e. The number of anilines is 1. The van der Waals surface area contributed by atoms with Crippen LogP contribution >= 0.6 is 0 Å². The van der Waals surface area contributed by atoms with E-state index in [0.717, 1.165) is 23.0 Å². The Morgan fingerprint density at radius 1 is 1.02 bits per heavy atom. The first kappa shape index (κ1) is 30.4. The van der Waals surface area contributed by atoms with Crippen LogP contribution < -0.4 is 27.4 Å². The van der Waals surface area contributed by atoms with Gasteiger partial charge in [-0.05, 0) is 36.9 Å². The first-order valence-electron chi connectivity index (χ1n) is 13.5. The number of benzene rings is 2. The number of likely N-dealkylation sites (tertiary alicyclic amines) is 1. The minimum Gasteiger partial charge on any atom is -0.343 e. The molecular weight excluding hydrogens is 535 g/mol. The zero-order chi connectivity index (χ0) is 29.8. The van der Waals surface area contributed by atoms with Crippen molar-refractivity contribution in [2.45, 2.75) is 43.2 Å². The maximum Gasteiger partial charge on any atom is 0.416 e. The van der Waals surface area contributed by atoms with Crippen molar-refractivity contribution in [3.8, 4) is 0 Å². The van der Waals surface area contributed by atoms with Gasteiger partial charge in [-0.1, -0.05) is 30.3 Å². The van der Waals surface area contributed by atoms with Crippen LogP contribution in [0, 0.1) is 0 Å². The Morgan fingerprint density at radius 2 is 1.68 bits per heavy atom. The van der Waals surface area contributed by atoms with Crippen molar-refractivity contribution in [2.24, 2.45) is 11.5 Å². The normalized spacial score (nSPS) is 22.3. The lowest BCUT2D eigenvalue weighted by molar-refractivity contribution is -0.898. The SMILES string of the molecule is CNC(CC[N+]1(C)CC(N)[C@@H](N)C1)C(=O)N[C@@H](Cc1ccc(C(F)(F)F)cc1)C(=O)Nc1cnc2ccccc2c1. The van der Waals surface area contributed by atoms with Gasteiger partial charge in [0.1, 0.15) is 6.04 Å². The highest BCUT2D eigenvalue weighted by molar-refractivity contribution is 5.99. The molecule has 220 valence electrons. The topological polar surface area (TPSA) is 135 Å². The number of quaternary nitrogens is 1. The highest BCUT2D eigenvalue weighted by Crippen LogP contribution is 2.29. The maximum atomic E-state index is 13.4. The molecular formula is C29H37F3N7O2+. The molecule has 0 spiro atoms. The van der Waals surface area contributed by atoms with E-state index in [4.69, 9.17) is 11.5 Å². The predicted molar refractivity (Wildman–Crippen MR) is 152 cm³/mol.